The van der Waals surface area contributed by atoms with Crippen LogP contribution in [0.25, 0.3) is 0 Å². The van der Waals surface area contributed by atoms with Crippen LogP contribution in [0.3, 0.4) is 0 Å². The molecule has 0 aromatic rings. The van der Waals surface area contributed by atoms with E-state index in [0.717, 1.165) is 0 Å². The van der Waals surface area contributed by atoms with Gasteiger partial charge in [-0.2, -0.15) is 0 Å². The van der Waals surface area contributed by atoms with E-state index < -0.39 is 0 Å². The molecular weight excluding hydrogens is 98.1 g/mol. The van der Waals surface area contributed by atoms with Crippen molar-refractivity contribution in [3.63, 3.8) is 0 Å². The van der Waals surface area contributed by atoms with Crippen LogP contribution < -0.4 is 5.32 Å². The molecule has 1 nitrogen and oxygen atoms in total. The number of hydrogen-bond acceptors (Lipinski definition) is 1. The zero-order chi connectivity index (χ0) is 5.98. The van der Waals surface area contributed by atoms with E-state index in [1.54, 1.807) is 0 Å². The SMILES string of the molecule is CC1[CH]NC(C)C=C1. The Morgan fingerprint density at radius 2 is 2.00 bits per heavy atom. The molecule has 0 aromatic carbocycles. The van der Waals surface area contributed by atoms with Crippen molar-refractivity contribution < 1.29 is 0 Å². The Hall–Kier alpha value is -0.300. The molecule has 0 spiro atoms. The first-order valence-electron chi connectivity index (χ1n) is 3.07. The summed E-state index contributed by atoms with van der Waals surface area (Å²) in [7, 11) is 0. The van der Waals surface area contributed by atoms with E-state index in [1.807, 2.05) is 0 Å². The van der Waals surface area contributed by atoms with Gasteiger partial charge in [0.05, 0.1) is 0 Å². The van der Waals surface area contributed by atoms with E-state index in [-0.39, 0.29) is 0 Å². The topological polar surface area (TPSA) is 12.0 Å². The van der Waals surface area contributed by atoms with Crippen molar-refractivity contribution in [1.29, 1.82) is 0 Å². The van der Waals surface area contributed by atoms with Gasteiger partial charge in [-0.05, 0) is 12.8 Å². The van der Waals surface area contributed by atoms with Gasteiger partial charge >= 0.3 is 0 Å². The quantitative estimate of drug-likeness (QED) is 0.464. The molecule has 0 saturated carbocycles. The summed E-state index contributed by atoms with van der Waals surface area (Å²) in [5.41, 5.74) is 0. The van der Waals surface area contributed by atoms with Crippen molar-refractivity contribution in [3.8, 4) is 0 Å². The molecule has 45 valence electrons. The Morgan fingerprint density at radius 3 is 2.38 bits per heavy atom. The summed E-state index contributed by atoms with van der Waals surface area (Å²) in [6.07, 6.45) is 4.39. The summed E-state index contributed by atoms with van der Waals surface area (Å²) in [5, 5.41) is 3.22. The van der Waals surface area contributed by atoms with Crippen molar-refractivity contribution in [3.05, 3.63) is 18.7 Å². The monoisotopic (exact) mass is 110 g/mol. The maximum Gasteiger partial charge on any atom is 0.0292 e. The smallest absolute Gasteiger partial charge is 0.0292 e. The number of rotatable bonds is 0. The first-order chi connectivity index (χ1) is 3.79. The van der Waals surface area contributed by atoms with E-state index >= 15 is 0 Å². The summed E-state index contributed by atoms with van der Waals surface area (Å²) in [6.45, 7) is 6.42. The molecule has 1 heteroatoms. The lowest BCUT2D eigenvalue weighted by Gasteiger charge is -2.17. The first-order valence-corrected chi connectivity index (χ1v) is 3.07. The fourth-order valence-corrected chi connectivity index (χ4v) is 0.757. The summed E-state index contributed by atoms with van der Waals surface area (Å²) >= 11 is 0. The van der Waals surface area contributed by atoms with Gasteiger partial charge in [0.25, 0.3) is 0 Å². The molecule has 0 bridgehead atoms. The Morgan fingerprint density at radius 1 is 1.25 bits per heavy atom. The van der Waals surface area contributed by atoms with Crippen LogP contribution in [-0.2, 0) is 0 Å². The molecule has 1 radical (unpaired) electrons. The predicted octanol–water partition coefficient (Wildman–Crippen LogP) is 1.33. The molecule has 1 rings (SSSR count). The lowest BCUT2D eigenvalue weighted by atomic mass is 10.1. The summed E-state index contributed by atoms with van der Waals surface area (Å²) in [5.74, 6) is 0.603. The molecule has 0 aromatic heterocycles. The fourth-order valence-electron chi connectivity index (χ4n) is 0.757. The van der Waals surface area contributed by atoms with E-state index in [2.05, 4.69) is 37.9 Å². The van der Waals surface area contributed by atoms with E-state index in [9.17, 15) is 0 Å². The van der Waals surface area contributed by atoms with Gasteiger partial charge in [-0.1, -0.05) is 19.1 Å². The van der Waals surface area contributed by atoms with Crippen LogP contribution in [0, 0.1) is 12.5 Å². The Labute approximate surface area is 50.8 Å². The minimum absolute atomic E-state index is 0.534. The molecule has 0 aliphatic carbocycles. The summed E-state index contributed by atoms with van der Waals surface area (Å²) < 4.78 is 0. The zero-order valence-corrected chi connectivity index (χ0v) is 5.39. The third-order valence-electron chi connectivity index (χ3n) is 1.33. The highest BCUT2D eigenvalue weighted by Crippen LogP contribution is 2.06. The highest BCUT2D eigenvalue weighted by atomic mass is 14.9. The average molecular weight is 110 g/mol. The highest BCUT2D eigenvalue weighted by Gasteiger charge is 2.05. The van der Waals surface area contributed by atoms with E-state index in [1.165, 1.54) is 0 Å². The van der Waals surface area contributed by atoms with Crippen molar-refractivity contribution in [2.24, 2.45) is 5.92 Å². The third kappa shape index (κ3) is 1.34. The van der Waals surface area contributed by atoms with Crippen LogP contribution in [0.5, 0.6) is 0 Å². The molecule has 0 amide bonds. The lowest BCUT2D eigenvalue weighted by Crippen LogP contribution is -2.27. The second-order valence-electron chi connectivity index (χ2n) is 2.37. The van der Waals surface area contributed by atoms with E-state index in [0.29, 0.717) is 12.0 Å². The fraction of sp³-hybridized carbons (Fsp3) is 0.571. The zero-order valence-electron chi connectivity index (χ0n) is 5.39. The Bertz CT molecular complexity index is 84.6. The molecule has 2 atom stereocenters. The summed E-state index contributed by atoms with van der Waals surface area (Å²) in [4.78, 5) is 0. The maximum absolute atomic E-state index is 3.22. The van der Waals surface area contributed by atoms with Crippen LogP contribution >= 0.6 is 0 Å². The van der Waals surface area contributed by atoms with Crippen molar-refractivity contribution in [1.82, 2.24) is 5.32 Å². The minimum Gasteiger partial charge on any atom is -0.306 e. The van der Waals surface area contributed by atoms with Crippen LogP contribution in [0.15, 0.2) is 12.2 Å². The molecule has 0 saturated heterocycles. The predicted molar refractivity (Wildman–Crippen MR) is 35.2 cm³/mol. The molecule has 2 unspecified atom stereocenters. The molecule has 8 heavy (non-hydrogen) atoms. The van der Waals surface area contributed by atoms with Crippen LogP contribution in [0.4, 0.5) is 0 Å². The van der Waals surface area contributed by atoms with Gasteiger partial charge in [-0.15, -0.1) is 0 Å². The molecule has 1 aliphatic heterocycles. The number of nitrogens with one attached hydrogen (secondary N) is 1. The van der Waals surface area contributed by atoms with Gasteiger partial charge in [0.15, 0.2) is 0 Å². The van der Waals surface area contributed by atoms with Crippen LogP contribution in [-0.4, -0.2) is 6.04 Å². The normalized spacial score (nSPS) is 37.8. The average Bonchev–Trinajstić information content (AvgIpc) is 1.77. The standard InChI is InChI=1S/C7H12N/c1-6-3-4-7(2)8-5-6/h3-8H,1-2H3. The second kappa shape index (κ2) is 2.31. The van der Waals surface area contributed by atoms with Gasteiger partial charge < -0.3 is 5.32 Å². The Kier molecular flexibility index (Phi) is 1.69. The summed E-state index contributed by atoms with van der Waals surface area (Å²) in [6, 6.07) is 0.534. The third-order valence-corrected chi connectivity index (χ3v) is 1.33. The molecule has 1 N–H and O–H groups in total. The largest absolute Gasteiger partial charge is 0.306 e. The van der Waals surface area contributed by atoms with Gasteiger partial charge in [-0.25, -0.2) is 0 Å². The highest BCUT2D eigenvalue weighted by molar-refractivity contribution is 5.03. The lowest BCUT2D eigenvalue weighted by molar-refractivity contribution is 0.608. The van der Waals surface area contributed by atoms with Gasteiger partial charge in [-0.3, -0.25) is 0 Å². The van der Waals surface area contributed by atoms with Crippen LogP contribution in [0.1, 0.15) is 13.8 Å². The van der Waals surface area contributed by atoms with Crippen molar-refractivity contribution in [2.75, 3.05) is 0 Å². The molecule has 0 fully saturated rings. The molecule has 1 aliphatic rings. The minimum atomic E-state index is 0.534. The first kappa shape index (κ1) is 5.83. The van der Waals surface area contributed by atoms with Gasteiger partial charge in [0.2, 0.25) is 0 Å². The molecule has 1 heterocycles. The van der Waals surface area contributed by atoms with Crippen molar-refractivity contribution in [2.45, 2.75) is 19.9 Å². The van der Waals surface area contributed by atoms with Gasteiger partial charge in [0, 0.05) is 12.6 Å². The second-order valence-corrected chi connectivity index (χ2v) is 2.37. The number of hydrogen-bond donors (Lipinski definition) is 1. The maximum atomic E-state index is 3.22. The van der Waals surface area contributed by atoms with E-state index in [4.69, 9.17) is 0 Å². The Balaban J connectivity index is 2.42. The van der Waals surface area contributed by atoms with Gasteiger partial charge in [0.1, 0.15) is 0 Å². The van der Waals surface area contributed by atoms with Crippen LogP contribution in [0.2, 0.25) is 0 Å². The van der Waals surface area contributed by atoms with Crippen molar-refractivity contribution >= 4 is 0 Å². The molecular formula is C7H12N.